The summed E-state index contributed by atoms with van der Waals surface area (Å²) < 4.78 is 71.0. The lowest BCUT2D eigenvalue weighted by molar-refractivity contribution is -0.0323. The minimum absolute atomic E-state index is 0.201. The Labute approximate surface area is 127 Å². The summed E-state index contributed by atoms with van der Waals surface area (Å²) in [6, 6.07) is 0. The Morgan fingerprint density at radius 1 is 1.00 bits per heavy atom. The van der Waals surface area contributed by atoms with Crippen molar-refractivity contribution in [3.63, 3.8) is 0 Å². The quantitative estimate of drug-likeness (QED) is 0.317. The topological polar surface area (TPSA) is 82.3 Å². The first-order valence-corrected chi connectivity index (χ1v) is 6.02. The van der Waals surface area contributed by atoms with Crippen molar-refractivity contribution < 1.29 is 42.0 Å². The highest BCUT2D eigenvalue weighted by Gasteiger charge is 2.32. The Morgan fingerprint density at radius 2 is 1.43 bits per heavy atom. The van der Waals surface area contributed by atoms with Gasteiger partial charge in [0, 0.05) is 7.11 Å². The summed E-state index contributed by atoms with van der Waals surface area (Å²) >= 11 is 0. The molecule has 3 N–H and O–H groups in total. The van der Waals surface area contributed by atoms with Gasteiger partial charge in [-0.3, -0.25) is 0 Å². The second-order valence-corrected chi connectivity index (χ2v) is 4.17. The van der Waals surface area contributed by atoms with Crippen LogP contribution in [0.25, 0.3) is 0 Å². The minimum atomic E-state index is -2.32. The zero-order valence-corrected chi connectivity index (χ0v) is 11.9. The standard InChI is InChI=1S/C12H8F5NO3.CH4O/c1-3(19)4-2-5(20)21-12(18-4)6-7(13)9(15)11(17)10(16)8(6)14;1-2/h5,19-20H,2H2,1H3;2H,1H3/b4-3+;. The van der Waals surface area contributed by atoms with E-state index in [1.54, 1.807) is 0 Å². The maximum absolute atomic E-state index is 13.6. The van der Waals surface area contributed by atoms with Gasteiger partial charge in [0.25, 0.3) is 0 Å². The molecule has 1 atom stereocenters. The highest BCUT2D eigenvalue weighted by molar-refractivity contribution is 5.96. The van der Waals surface area contributed by atoms with Crippen molar-refractivity contribution in [2.45, 2.75) is 19.6 Å². The maximum atomic E-state index is 13.6. The first kappa shape index (κ1) is 18.8. The van der Waals surface area contributed by atoms with Gasteiger partial charge >= 0.3 is 0 Å². The summed E-state index contributed by atoms with van der Waals surface area (Å²) in [5.74, 6) is -12.3. The van der Waals surface area contributed by atoms with Crippen molar-refractivity contribution in [1.29, 1.82) is 0 Å². The van der Waals surface area contributed by atoms with E-state index in [-0.39, 0.29) is 12.1 Å². The van der Waals surface area contributed by atoms with Gasteiger partial charge in [-0.25, -0.2) is 26.9 Å². The third kappa shape index (κ3) is 3.59. The van der Waals surface area contributed by atoms with Gasteiger partial charge in [0.15, 0.2) is 23.3 Å². The number of ether oxygens (including phenoxy) is 1. The molecule has 0 spiro atoms. The fourth-order valence-corrected chi connectivity index (χ4v) is 1.67. The van der Waals surface area contributed by atoms with E-state index < -0.39 is 52.6 Å². The summed E-state index contributed by atoms with van der Waals surface area (Å²) in [6.07, 6.45) is -1.95. The molecular formula is C13H12F5NO4. The molecule has 0 saturated heterocycles. The van der Waals surface area contributed by atoms with Crippen LogP contribution in [-0.4, -0.2) is 34.6 Å². The number of halogens is 5. The van der Waals surface area contributed by atoms with E-state index in [2.05, 4.69) is 9.73 Å². The number of benzene rings is 1. The molecule has 1 unspecified atom stereocenters. The van der Waals surface area contributed by atoms with Crippen molar-refractivity contribution in [1.82, 2.24) is 0 Å². The van der Waals surface area contributed by atoms with Crippen LogP contribution in [0, 0.1) is 29.1 Å². The van der Waals surface area contributed by atoms with Crippen LogP contribution < -0.4 is 0 Å². The van der Waals surface area contributed by atoms with E-state index in [4.69, 9.17) is 5.11 Å². The fraction of sp³-hybridized carbons (Fsp3) is 0.308. The van der Waals surface area contributed by atoms with E-state index in [1.807, 2.05) is 0 Å². The van der Waals surface area contributed by atoms with Gasteiger partial charge in [0.2, 0.25) is 18.0 Å². The summed E-state index contributed by atoms with van der Waals surface area (Å²) in [6.45, 7) is 1.17. The number of aliphatic imine (C=N–C) groups is 1. The highest BCUT2D eigenvalue weighted by atomic mass is 19.2. The molecule has 1 aromatic rings. The molecule has 23 heavy (non-hydrogen) atoms. The molecule has 0 radical (unpaired) electrons. The monoisotopic (exact) mass is 341 g/mol. The van der Waals surface area contributed by atoms with E-state index in [0.717, 1.165) is 7.11 Å². The summed E-state index contributed by atoms with van der Waals surface area (Å²) in [4.78, 5) is 3.46. The van der Waals surface area contributed by atoms with Crippen LogP contribution in [0.4, 0.5) is 22.0 Å². The Morgan fingerprint density at radius 3 is 1.87 bits per heavy atom. The summed E-state index contributed by atoms with van der Waals surface area (Å²) in [5, 5.41) is 25.6. The van der Waals surface area contributed by atoms with Gasteiger partial charge in [-0.1, -0.05) is 0 Å². The van der Waals surface area contributed by atoms with Crippen LogP contribution in [0.2, 0.25) is 0 Å². The number of aliphatic hydroxyl groups is 3. The number of hydrogen-bond donors (Lipinski definition) is 3. The molecule has 5 nitrogen and oxygen atoms in total. The molecule has 0 aliphatic carbocycles. The normalized spacial score (nSPS) is 19.3. The van der Waals surface area contributed by atoms with Gasteiger partial charge in [-0.05, 0) is 6.92 Å². The smallest absolute Gasteiger partial charge is 0.229 e. The van der Waals surface area contributed by atoms with Crippen molar-refractivity contribution in [3.8, 4) is 0 Å². The SMILES string of the molecule is C/C(O)=C1/CC(O)OC(c2c(F)c(F)c(F)c(F)c2F)=N1.CO. The zero-order chi connectivity index (χ0) is 17.9. The van der Waals surface area contributed by atoms with Crippen molar-refractivity contribution in [2.75, 3.05) is 7.11 Å². The van der Waals surface area contributed by atoms with Gasteiger partial charge in [-0.2, -0.15) is 0 Å². The molecular weight excluding hydrogens is 329 g/mol. The molecule has 1 aliphatic heterocycles. The molecule has 10 heteroatoms. The lowest BCUT2D eigenvalue weighted by Crippen LogP contribution is -2.26. The second kappa shape index (κ2) is 7.38. The predicted molar refractivity (Wildman–Crippen MR) is 67.9 cm³/mol. The lowest BCUT2D eigenvalue weighted by atomic mass is 10.1. The van der Waals surface area contributed by atoms with Crippen LogP contribution >= 0.6 is 0 Å². The molecule has 128 valence electrons. The molecule has 0 saturated carbocycles. The predicted octanol–water partition coefficient (Wildman–Crippen LogP) is 2.27. The number of aliphatic hydroxyl groups excluding tert-OH is 3. The average molecular weight is 341 g/mol. The van der Waals surface area contributed by atoms with E-state index in [0.29, 0.717) is 0 Å². The van der Waals surface area contributed by atoms with E-state index in [9.17, 15) is 32.2 Å². The third-order valence-corrected chi connectivity index (χ3v) is 2.69. The molecule has 0 fully saturated rings. The highest BCUT2D eigenvalue weighted by Crippen LogP contribution is 2.28. The molecule has 0 amide bonds. The fourth-order valence-electron chi connectivity index (χ4n) is 1.67. The largest absolute Gasteiger partial charge is 0.511 e. The number of rotatable bonds is 1. The van der Waals surface area contributed by atoms with Crippen LogP contribution in [0.1, 0.15) is 18.9 Å². The van der Waals surface area contributed by atoms with E-state index in [1.165, 1.54) is 6.92 Å². The third-order valence-electron chi connectivity index (χ3n) is 2.69. The Hall–Kier alpha value is -2.20. The number of hydrogen-bond acceptors (Lipinski definition) is 5. The first-order chi connectivity index (χ1) is 10.7. The van der Waals surface area contributed by atoms with Crippen molar-refractivity contribution in [2.24, 2.45) is 4.99 Å². The van der Waals surface area contributed by atoms with E-state index >= 15 is 0 Å². The molecule has 1 heterocycles. The molecule has 1 aromatic carbocycles. The van der Waals surface area contributed by atoms with Crippen LogP contribution in [0.15, 0.2) is 16.4 Å². The molecule has 1 aliphatic rings. The van der Waals surface area contributed by atoms with Gasteiger partial charge in [-0.15, -0.1) is 0 Å². The Balaban J connectivity index is 0.00000127. The first-order valence-electron chi connectivity index (χ1n) is 6.02. The second-order valence-electron chi connectivity index (χ2n) is 4.17. The van der Waals surface area contributed by atoms with Gasteiger partial charge in [0.1, 0.15) is 11.3 Å². The van der Waals surface area contributed by atoms with Crippen LogP contribution in [-0.2, 0) is 4.74 Å². The minimum Gasteiger partial charge on any atom is -0.511 e. The molecule has 0 aromatic heterocycles. The van der Waals surface area contributed by atoms with Crippen molar-refractivity contribution in [3.05, 3.63) is 46.1 Å². The average Bonchev–Trinajstić information content (AvgIpc) is 2.52. The molecule has 2 rings (SSSR count). The van der Waals surface area contributed by atoms with Crippen molar-refractivity contribution >= 4 is 5.90 Å². The van der Waals surface area contributed by atoms with Crippen LogP contribution in [0.5, 0.6) is 0 Å². The zero-order valence-electron chi connectivity index (χ0n) is 11.9. The van der Waals surface area contributed by atoms with Crippen LogP contribution in [0.3, 0.4) is 0 Å². The summed E-state index contributed by atoms with van der Waals surface area (Å²) in [5.41, 5.74) is -1.61. The lowest BCUT2D eigenvalue weighted by Gasteiger charge is -2.22. The summed E-state index contributed by atoms with van der Waals surface area (Å²) in [7, 11) is 1.00. The number of allylic oxidation sites excluding steroid dienone is 1. The molecule has 0 bridgehead atoms. The van der Waals surface area contributed by atoms with Gasteiger partial charge in [0.05, 0.1) is 12.1 Å². The van der Waals surface area contributed by atoms with Gasteiger partial charge < -0.3 is 20.1 Å². The Bertz CT molecular complexity index is 642. The Kier molecular flexibility index (Phi) is 6.05. The maximum Gasteiger partial charge on any atom is 0.229 e. The number of nitrogens with zero attached hydrogens (tertiary/aromatic N) is 1.